The molecular weight excluding hydrogens is 218 g/mol. The zero-order valence-electron chi connectivity index (χ0n) is 8.27. The van der Waals surface area contributed by atoms with E-state index in [0.29, 0.717) is 5.69 Å². The maximum absolute atomic E-state index is 11.4. The molecule has 1 unspecified atom stereocenters. The molecule has 7 nitrogen and oxygen atoms in total. The summed E-state index contributed by atoms with van der Waals surface area (Å²) in [6, 6.07) is 1.62. The minimum Gasteiger partial charge on any atom is -0.394 e. The summed E-state index contributed by atoms with van der Waals surface area (Å²) in [5.41, 5.74) is 6.34. The van der Waals surface area contributed by atoms with Crippen LogP contribution in [-0.2, 0) is 10.0 Å². The first-order valence-electron chi connectivity index (χ1n) is 4.10. The van der Waals surface area contributed by atoms with Crippen molar-refractivity contribution >= 4 is 21.5 Å². The number of nitriles is 1. The second-order valence-corrected chi connectivity index (χ2v) is 5.03. The quantitative estimate of drug-likeness (QED) is 0.670. The van der Waals surface area contributed by atoms with E-state index in [9.17, 15) is 8.42 Å². The van der Waals surface area contributed by atoms with Crippen LogP contribution in [0.2, 0.25) is 0 Å². The van der Waals surface area contributed by atoms with E-state index >= 15 is 0 Å². The smallest absolute Gasteiger partial charge is 0.250 e. The van der Waals surface area contributed by atoms with E-state index in [0.717, 1.165) is 0 Å². The van der Waals surface area contributed by atoms with Crippen molar-refractivity contribution in [2.45, 2.75) is 19.1 Å². The number of nitrogens with two attached hydrogens (primary N) is 1. The standard InChI is InChI=1S/C7H11N5O2S/c1-4(3-8)15(13,14)12-7-6(9)5(2)10-11-7/h4H,9H2,1-2H3,(H2,10,11,12). The Labute approximate surface area is 87.3 Å². The summed E-state index contributed by atoms with van der Waals surface area (Å²) in [4.78, 5) is 0. The van der Waals surface area contributed by atoms with Gasteiger partial charge in [0.05, 0.1) is 17.5 Å². The number of aryl methyl sites for hydroxylation is 1. The van der Waals surface area contributed by atoms with Crippen LogP contribution < -0.4 is 10.5 Å². The Morgan fingerprint density at radius 1 is 1.67 bits per heavy atom. The Kier molecular flexibility index (Phi) is 2.85. The van der Waals surface area contributed by atoms with Gasteiger partial charge in [-0.2, -0.15) is 10.4 Å². The number of aromatic nitrogens is 2. The Morgan fingerprint density at radius 3 is 2.67 bits per heavy atom. The molecule has 0 fully saturated rings. The molecular formula is C7H11N5O2S. The average Bonchev–Trinajstić information content (AvgIpc) is 2.48. The van der Waals surface area contributed by atoms with Gasteiger partial charge in [-0.1, -0.05) is 0 Å². The van der Waals surface area contributed by atoms with Gasteiger partial charge in [0.15, 0.2) is 11.1 Å². The van der Waals surface area contributed by atoms with Gasteiger partial charge in [0.1, 0.15) is 0 Å². The molecule has 0 amide bonds. The predicted molar refractivity (Wildman–Crippen MR) is 55.4 cm³/mol. The van der Waals surface area contributed by atoms with E-state index in [1.807, 2.05) is 0 Å². The minimum absolute atomic E-state index is 0.0228. The Hall–Kier alpha value is -1.75. The van der Waals surface area contributed by atoms with Crippen molar-refractivity contribution in [2.24, 2.45) is 0 Å². The minimum atomic E-state index is -3.75. The highest BCUT2D eigenvalue weighted by Gasteiger charge is 2.22. The van der Waals surface area contributed by atoms with Gasteiger partial charge < -0.3 is 5.73 Å². The van der Waals surface area contributed by atoms with Crippen molar-refractivity contribution in [2.75, 3.05) is 10.5 Å². The van der Waals surface area contributed by atoms with Crippen molar-refractivity contribution < 1.29 is 8.42 Å². The topological polar surface area (TPSA) is 125 Å². The monoisotopic (exact) mass is 229 g/mol. The lowest BCUT2D eigenvalue weighted by Crippen LogP contribution is -2.24. The van der Waals surface area contributed by atoms with Crippen LogP contribution in [0.15, 0.2) is 0 Å². The van der Waals surface area contributed by atoms with Crippen molar-refractivity contribution in [3.8, 4) is 6.07 Å². The van der Waals surface area contributed by atoms with E-state index in [2.05, 4.69) is 14.9 Å². The van der Waals surface area contributed by atoms with Crippen molar-refractivity contribution in [1.82, 2.24) is 10.2 Å². The Morgan fingerprint density at radius 2 is 2.27 bits per heavy atom. The fourth-order valence-electron chi connectivity index (χ4n) is 0.808. The average molecular weight is 229 g/mol. The number of hydrogen-bond acceptors (Lipinski definition) is 5. The molecule has 1 aromatic heterocycles. The normalized spacial score (nSPS) is 13.1. The third kappa shape index (κ3) is 2.19. The maximum Gasteiger partial charge on any atom is 0.250 e. The van der Waals surface area contributed by atoms with Gasteiger partial charge in [-0.25, -0.2) is 8.42 Å². The van der Waals surface area contributed by atoms with Gasteiger partial charge in [0, 0.05) is 0 Å². The van der Waals surface area contributed by atoms with Crippen LogP contribution in [0.3, 0.4) is 0 Å². The van der Waals surface area contributed by atoms with Gasteiger partial charge in [0.25, 0.3) is 0 Å². The molecule has 4 N–H and O–H groups in total. The summed E-state index contributed by atoms with van der Waals surface area (Å²) < 4.78 is 25.0. The third-order valence-corrected chi connectivity index (χ3v) is 3.39. The summed E-state index contributed by atoms with van der Waals surface area (Å²) in [5.74, 6) is 0.0228. The summed E-state index contributed by atoms with van der Waals surface area (Å²) >= 11 is 0. The number of nitrogens with one attached hydrogen (secondary N) is 2. The SMILES string of the molecule is Cc1[nH]nc(NS(=O)(=O)C(C)C#N)c1N. The molecule has 1 rings (SSSR count). The van der Waals surface area contributed by atoms with Crippen LogP contribution in [0.1, 0.15) is 12.6 Å². The van der Waals surface area contributed by atoms with Crippen molar-refractivity contribution in [3.63, 3.8) is 0 Å². The molecule has 15 heavy (non-hydrogen) atoms. The summed E-state index contributed by atoms with van der Waals surface area (Å²) in [5, 5.41) is 13.5. The number of nitrogen functional groups attached to an aromatic ring is 1. The molecule has 82 valence electrons. The molecule has 0 saturated carbocycles. The first kappa shape index (κ1) is 11.3. The molecule has 0 bridgehead atoms. The molecule has 1 aromatic rings. The van der Waals surface area contributed by atoms with E-state index in [4.69, 9.17) is 11.0 Å². The van der Waals surface area contributed by atoms with E-state index in [1.54, 1.807) is 13.0 Å². The third-order valence-electron chi connectivity index (χ3n) is 1.88. The number of hydrogen-bond donors (Lipinski definition) is 3. The van der Waals surface area contributed by atoms with Crippen molar-refractivity contribution in [1.29, 1.82) is 5.26 Å². The lowest BCUT2D eigenvalue weighted by atomic mass is 10.4. The van der Waals surface area contributed by atoms with Crippen LogP contribution in [-0.4, -0.2) is 23.9 Å². The molecule has 0 radical (unpaired) electrons. The predicted octanol–water partition coefficient (Wildman–Crippen LogP) is -0.0459. The fourth-order valence-corrected chi connectivity index (χ4v) is 1.55. The Bertz CT molecular complexity index is 498. The molecule has 0 aliphatic heterocycles. The lowest BCUT2D eigenvalue weighted by Gasteiger charge is -2.06. The molecule has 0 spiro atoms. The van der Waals surface area contributed by atoms with Crippen LogP contribution in [0.5, 0.6) is 0 Å². The number of rotatable bonds is 3. The Balaban J connectivity index is 2.98. The molecule has 0 saturated heterocycles. The molecule has 1 heterocycles. The van der Waals surface area contributed by atoms with Gasteiger partial charge in [0.2, 0.25) is 10.0 Å². The van der Waals surface area contributed by atoms with E-state index in [1.165, 1.54) is 6.92 Å². The number of anilines is 2. The van der Waals surface area contributed by atoms with Gasteiger partial charge >= 0.3 is 0 Å². The van der Waals surface area contributed by atoms with E-state index in [-0.39, 0.29) is 11.5 Å². The molecule has 0 aromatic carbocycles. The van der Waals surface area contributed by atoms with Gasteiger partial charge in [-0.15, -0.1) is 0 Å². The summed E-state index contributed by atoms with van der Waals surface area (Å²) in [6.07, 6.45) is 0. The fraction of sp³-hybridized carbons (Fsp3) is 0.429. The zero-order chi connectivity index (χ0) is 11.6. The molecule has 0 aliphatic carbocycles. The summed E-state index contributed by atoms with van der Waals surface area (Å²) in [6.45, 7) is 2.94. The summed E-state index contributed by atoms with van der Waals surface area (Å²) in [7, 11) is -3.75. The second kappa shape index (κ2) is 3.78. The maximum atomic E-state index is 11.4. The molecule has 0 aliphatic rings. The van der Waals surface area contributed by atoms with E-state index < -0.39 is 15.3 Å². The van der Waals surface area contributed by atoms with Crippen LogP contribution in [0, 0.1) is 18.3 Å². The van der Waals surface area contributed by atoms with Crippen molar-refractivity contribution in [3.05, 3.63) is 5.69 Å². The van der Waals surface area contributed by atoms with Gasteiger partial charge in [-0.3, -0.25) is 9.82 Å². The van der Waals surface area contributed by atoms with Crippen LogP contribution >= 0.6 is 0 Å². The molecule has 8 heteroatoms. The lowest BCUT2D eigenvalue weighted by molar-refractivity contribution is 0.597. The van der Waals surface area contributed by atoms with Crippen LogP contribution in [0.25, 0.3) is 0 Å². The number of aromatic amines is 1. The number of nitrogens with zero attached hydrogens (tertiary/aromatic N) is 2. The first-order chi connectivity index (χ1) is 6.88. The zero-order valence-corrected chi connectivity index (χ0v) is 9.09. The van der Waals surface area contributed by atoms with Gasteiger partial charge in [-0.05, 0) is 13.8 Å². The first-order valence-corrected chi connectivity index (χ1v) is 5.65. The number of H-pyrrole nitrogens is 1. The number of sulfonamides is 1. The largest absolute Gasteiger partial charge is 0.394 e. The highest BCUT2D eigenvalue weighted by Crippen LogP contribution is 2.20. The second-order valence-electron chi connectivity index (χ2n) is 3.03. The molecule has 1 atom stereocenters. The highest BCUT2D eigenvalue weighted by molar-refractivity contribution is 7.93. The van der Waals surface area contributed by atoms with Crippen LogP contribution in [0.4, 0.5) is 11.5 Å². The highest BCUT2D eigenvalue weighted by atomic mass is 32.2.